The van der Waals surface area contributed by atoms with Crippen LogP contribution in [-0.2, 0) is 16.1 Å². The molecule has 0 aliphatic carbocycles. The topological polar surface area (TPSA) is 73.2 Å². The molecule has 2 heterocycles. The molecule has 25 heavy (non-hydrogen) atoms. The number of benzene rings is 1. The fourth-order valence-electron chi connectivity index (χ4n) is 2.51. The summed E-state index contributed by atoms with van der Waals surface area (Å²) in [5, 5.41) is 3.82. The third-order valence-electron chi connectivity index (χ3n) is 3.81. The van der Waals surface area contributed by atoms with Crippen molar-refractivity contribution in [2.24, 2.45) is 0 Å². The van der Waals surface area contributed by atoms with E-state index in [1.165, 1.54) is 36.3 Å². The first-order valence-corrected chi connectivity index (χ1v) is 7.56. The maximum absolute atomic E-state index is 14.1. The number of nitrogens with zero attached hydrogens (tertiary/aromatic N) is 2. The second-order valence-corrected chi connectivity index (χ2v) is 5.58. The summed E-state index contributed by atoms with van der Waals surface area (Å²) in [6.07, 6.45) is 4.49. The van der Waals surface area contributed by atoms with E-state index in [0.717, 1.165) is 5.56 Å². The van der Waals surface area contributed by atoms with Crippen LogP contribution in [0.4, 0.5) is 15.8 Å². The number of aromatic nitrogens is 2. The maximum atomic E-state index is 14.1. The van der Waals surface area contributed by atoms with Crippen molar-refractivity contribution in [1.82, 2.24) is 9.55 Å². The second-order valence-electron chi connectivity index (χ2n) is 5.58. The van der Waals surface area contributed by atoms with Gasteiger partial charge in [-0.05, 0) is 30.7 Å². The van der Waals surface area contributed by atoms with Gasteiger partial charge in [-0.15, -0.1) is 0 Å². The van der Waals surface area contributed by atoms with Crippen LogP contribution in [0.2, 0.25) is 0 Å². The molecule has 0 amide bonds. The summed E-state index contributed by atoms with van der Waals surface area (Å²) in [5.74, 6) is -0.961. The molecule has 0 unspecified atom stereocenters. The van der Waals surface area contributed by atoms with Gasteiger partial charge in [-0.2, -0.15) is 0 Å². The number of halogens is 1. The minimum Gasteiger partial charge on any atom is -0.468 e. The van der Waals surface area contributed by atoms with Crippen molar-refractivity contribution in [3.8, 4) is 0 Å². The van der Waals surface area contributed by atoms with Crippen molar-refractivity contribution >= 4 is 28.1 Å². The molecule has 3 aromatic rings. The van der Waals surface area contributed by atoms with Crippen LogP contribution in [0, 0.1) is 12.7 Å². The summed E-state index contributed by atoms with van der Waals surface area (Å²) in [6.45, 7) is 1.59. The summed E-state index contributed by atoms with van der Waals surface area (Å²) >= 11 is 0. The smallest absolute Gasteiger partial charge is 0.325 e. The van der Waals surface area contributed by atoms with Gasteiger partial charge in [-0.3, -0.25) is 14.6 Å². The summed E-state index contributed by atoms with van der Waals surface area (Å²) in [5.41, 5.74) is 1.01. The highest BCUT2D eigenvalue weighted by molar-refractivity contribution is 5.93. The minimum atomic E-state index is -0.533. The molecule has 7 heteroatoms. The number of hydrogen-bond donors (Lipinski definition) is 1. The molecular formula is C18H18FN3O3. The number of fused-ring (bicyclic) bond motifs is 1. The van der Waals surface area contributed by atoms with E-state index in [1.54, 1.807) is 25.1 Å². The van der Waals surface area contributed by atoms with E-state index in [0.29, 0.717) is 16.5 Å². The van der Waals surface area contributed by atoms with Gasteiger partial charge in [0.05, 0.1) is 30.1 Å². The van der Waals surface area contributed by atoms with Crippen molar-refractivity contribution in [2.75, 3.05) is 12.4 Å². The second kappa shape index (κ2) is 6.72. The summed E-state index contributed by atoms with van der Waals surface area (Å²) in [7, 11) is 1.26. The first-order chi connectivity index (χ1) is 12.0. The Morgan fingerprint density at radius 3 is 2.84 bits per heavy atom. The standard InChI is InChI=1S/C18H16FN3O3.H2/c1-11-3-4-14(13(19)7-11)21-15-9-20-8-12-5-6-22(10-16(23)25-2)18(24)17(12)15;/h3-9,21H,10H2,1-2H3;1H. The van der Waals surface area contributed by atoms with E-state index in [2.05, 4.69) is 15.0 Å². The Morgan fingerprint density at radius 2 is 2.12 bits per heavy atom. The molecule has 0 bridgehead atoms. The third-order valence-corrected chi connectivity index (χ3v) is 3.81. The van der Waals surface area contributed by atoms with Crippen molar-refractivity contribution in [1.29, 1.82) is 0 Å². The number of rotatable bonds is 4. The molecule has 0 saturated carbocycles. The van der Waals surface area contributed by atoms with E-state index < -0.39 is 11.8 Å². The quantitative estimate of drug-likeness (QED) is 0.737. The molecule has 0 saturated heterocycles. The Kier molecular flexibility index (Phi) is 4.47. The van der Waals surface area contributed by atoms with E-state index in [1.807, 2.05) is 0 Å². The van der Waals surface area contributed by atoms with E-state index in [9.17, 15) is 14.0 Å². The monoisotopic (exact) mass is 343 g/mol. The van der Waals surface area contributed by atoms with Crippen LogP contribution >= 0.6 is 0 Å². The van der Waals surface area contributed by atoms with E-state index in [4.69, 9.17) is 0 Å². The van der Waals surface area contributed by atoms with Gasteiger partial charge in [0.2, 0.25) is 0 Å². The van der Waals surface area contributed by atoms with Gasteiger partial charge in [-0.25, -0.2) is 4.39 Å². The van der Waals surface area contributed by atoms with Crippen LogP contribution in [0.1, 0.15) is 6.99 Å². The molecule has 1 aromatic carbocycles. The zero-order chi connectivity index (χ0) is 18.0. The first-order valence-electron chi connectivity index (χ1n) is 7.56. The van der Waals surface area contributed by atoms with Gasteiger partial charge in [0, 0.05) is 19.2 Å². The van der Waals surface area contributed by atoms with Crippen LogP contribution in [0.25, 0.3) is 10.8 Å². The highest BCUT2D eigenvalue weighted by Crippen LogP contribution is 2.25. The fourth-order valence-corrected chi connectivity index (χ4v) is 2.51. The first kappa shape index (κ1) is 16.6. The van der Waals surface area contributed by atoms with E-state index in [-0.39, 0.29) is 19.2 Å². The molecule has 0 radical (unpaired) electrons. The van der Waals surface area contributed by atoms with E-state index >= 15 is 0 Å². The molecule has 0 atom stereocenters. The van der Waals surface area contributed by atoms with Crippen molar-refractivity contribution in [3.63, 3.8) is 0 Å². The molecule has 1 N–H and O–H groups in total. The number of carbonyl (C=O) groups excluding carboxylic acids is 1. The predicted molar refractivity (Wildman–Crippen MR) is 94.6 cm³/mol. The third kappa shape index (κ3) is 3.35. The molecule has 3 rings (SSSR count). The molecule has 0 aliphatic rings. The van der Waals surface area contributed by atoms with Crippen LogP contribution in [-0.4, -0.2) is 22.6 Å². The molecule has 130 valence electrons. The van der Waals surface area contributed by atoms with Gasteiger partial charge in [0.15, 0.2) is 0 Å². The Hall–Kier alpha value is -3.22. The molecule has 2 aromatic heterocycles. The van der Waals surface area contributed by atoms with Gasteiger partial charge in [-0.1, -0.05) is 6.07 Å². The largest absolute Gasteiger partial charge is 0.468 e. The lowest BCUT2D eigenvalue weighted by atomic mass is 10.1. The predicted octanol–water partition coefficient (Wildman–Crippen LogP) is 3.01. The number of ether oxygens (including phenoxy) is 1. The Balaban J connectivity index is 0.00000243. The normalized spacial score (nSPS) is 10.7. The van der Waals surface area contributed by atoms with Crippen molar-refractivity contribution in [3.05, 3.63) is 64.6 Å². The number of pyridine rings is 2. The highest BCUT2D eigenvalue weighted by Gasteiger charge is 2.12. The number of esters is 1. The lowest BCUT2D eigenvalue weighted by molar-refractivity contribution is -0.141. The molecule has 0 spiro atoms. The van der Waals surface area contributed by atoms with Crippen molar-refractivity contribution in [2.45, 2.75) is 13.5 Å². The number of nitrogens with one attached hydrogen (secondary N) is 1. The number of methoxy groups -OCH3 is 1. The SMILES string of the molecule is COC(=O)Cn1ccc2cncc(Nc3ccc(C)cc3F)c2c1=O.[HH]. The lowest BCUT2D eigenvalue weighted by Crippen LogP contribution is -2.24. The van der Waals surface area contributed by atoms with Gasteiger partial charge in [0.25, 0.3) is 5.56 Å². The summed E-state index contributed by atoms with van der Waals surface area (Å²) < 4.78 is 19.9. The van der Waals surface area contributed by atoms with Crippen molar-refractivity contribution < 1.29 is 15.3 Å². The highest BCUT2D eigenvalue weighted by atomic mass is 19.1. The fraction of sp³-hybridized carbons (Fsp3) is 0.167. The minimum absolute atomic E-state index is 0. The number of carbonyl (C=O) groups is 1. The van der Waals surface area contributed by atoms with Crippen LogP contribution < -0.4 is 10.9 Å². The average molecular weight is 343 g/mol. The number of hydrogen-bond acceptors (Lipinski definition) is 5. The maximum Gasteiger partial charge on any atom is 0.325 e. The summed E-state index contributed by atoms with van der Waals surface area (Å²) in [4.78, 5) is 28.3. The Bertz CT molecular complexity index is 1020. The number of aryl methyl sites for hydroxylation is 1. The Morgan fingerprint density at radius 1 is 1.32 bits per heavy atom. The molecule has 0 aliphatic heterocycles. The van der Waals surface area contributed by atoms with Crippen LogP contribution in [0.15, 0.2) is 47.7 Å². The Labute approximate surface area is 144 Å². The molecule has 0 fully saturated rings. The van der Waals surface area contributed by atoms with Gasteiger partial charge in [0.1, 0.15) is 12.4 Å². The summed E-state index contributed by atoms with van der Waals surface area (Å²) in [6, 6.07) is 6.43. The average Bonchev–Trinajstić information content (AvgIpc) is 2.59. The van der Waals surface area contributed by atoms with Gasteiger partial charge < -0.3 is 14.6 Å². The number of anilines is 2. The van der Waals surface area contributed by atoms with Crippen LogP contribution in [0.3, 0.4) is 0 Å². The lowest BCUT2D eigenvalue weighted by Gasteiger charge is -2.12. The zero-order valence-electron chi connectivity index (χ0n) is 13.7. The van der Waals surface area contributed by atoms with Crippen LogP contribution in [0.5, 0.6) is 0 Å². The molecular weight excluding hydrogens is 325 g/mol. The molecule has 6 nitrogen and oxygen atoms in total. The van der Waals surface area contributed by atoms with Gasteiger partial charge >= 0.3 is 5.97 Å². The zero-order valence-corrected chi connectivity index (χ0v) is 13.7.